The van der Waals surface area contributed by atoms with E-state index in [1.807, 2.05) is 30.3 Å². The van der Waals surface area contributed by atoms with E-state index in [0.717, 1.165) is 22.4 Å². The van der Waals surface area contributed by atoms with E-state index in [9.17, 15) is 14.4 Å². The molecule has 1 aromatic heterocycles. The fraction of sp³-hybridized carbons (Fsp3) is 0.143. The lowest BCUT2D eigenvalue weighted by Gasteiger charge is -2.07. The van der Waals surface area contributed by atoms with Crippen LogP contribution in [0.2, 0.25) is 0 Å². The Kier molecular flexibility index (Phi) is 4.45. The molecule has 2 N–H and O–H groups in total. The van der Waals surface area contributed by atoms with Gasteiger partial charge in [0.05, 0.1) is 0 Å². The van der Waals surface area contributed by atoms with E-state index in [1.54, 1.807) is 0 Å². The van der Waals surface area contributed by atoms with Crippen molar-refractivity contribution in [3.8, 4) is 0 Å². The minimum atomic E-state index is -1.26. The predicted octanol–water partition coefficient (Wildman–Crippen LogP) is 0.258. The zero-order valence-electron chi connectivity index (χ0n) is 11.0. The summed E-state index contributed by atoms with van der Waals surface area (Å²) in [7, 11) is 0. The van der Waals surface area contributed by atoms with Crippen LogP contribution in [0.1, 0.15) is 16.1 Å². The molecule has 2 aromatic rings. The van der Waals surface area contributed by atoms with Crippen molar-refractivity contribution >= 4 is 11.9 Å². The van der Waals surface area contributed by atoms with E-state index in [2.05, 4.69) is 10.4 Å². The Hall–Kier alpha value is -2.96. The van der Waals surface area contributed by atoms with E-state index in [-0.39, 0.29) is 12.2 Å². The zero-order chi connectivity index (χ0) is 15.2. The van der Waals surface area contributed by atoms with Gasteiger partial charge < -0.3 is 10.4 Å². The van der Waals surface area contributed by atoms with E-state index in [4.69, 9.17) is 5.11 Å². The van der Waals surface area contributed by atoms with Crippen LogP contribution < -0.4 is 10.9 Å². The second kappa shape index (κ2) is 6.47. The molecule has 1 aromatic carbocycles. The Morgan fingerprint density at radius 3 is 2.52 bits per heavy atom. The highest BCUT2D eigenvalue weighted by atomic mass is 16.4. The van der Waals surface area contributed by atoms with Crippen LogP contribution in [0.15, 0.2) is 47.3 Å². The summed E-state index contributed by atoms with van der Waals surface area (Å²) in [5.41, 5.74) is 0.103. The zero-order valence-corrected chi connectivity index (χ0v) is 11.0. The standard InChI is InChI=1S/C14H13N3O4/c18-12(15-8-10-4-2-1-3-5-10)9-17-13(19)7-6-11(16-17)14(20)21/h1-7H,8-9H2,(H,15,18)(H,20,21). The Morgan fingerprint density at radius 1 is 1.14 bits per heavy atom. The number of nitrogens with one attached hydrogen (secondary N) is 1. The summed E-state index contributed by atoms with van der Waals surface area (Å²) in [6.07, 6.45) is 0. The molecule has 7 nitrogen and oxygen atoms in total. The molecule has 0 atom stereocenters. The minimum Gasteiger partial charge on any atom is -0.476 e. The number of carbonyl (C=O) groups excluding carboxylic acids is 1. The smallest absolute Gasteiger partial charge is 0.356 e. The third-order valence-electron chi connectivity index (χ3n) is 2.71. The van der Waals surface area contributed by atoms with Gasteiger partial charge in [-0.25, -0.2) is 9.48 Å². The van der Waals surface area contributed by atoms with Crippen molar-refractivity contribution in [2.75, 3.05) is 0 Å². The van der Waals surface area contributed by atoms with Crippen LogP contribution in [-0.4, -0.2) is 26.8 Å². The number of carboxylic acid groups (broad SMARTS) is 1. The monoisotopic (exact) mass is 287 g/mol. The van der Waals surface area contributed by atoms with Gasteiger partial charge in [0.2, 0.25) is 5.91 Å². The van der Waals surface area contributed by atoms with E-state index >= 15 is 0 Å². The van der Waals surface area contributed by atoms with Crippen LogP contribution >= 0.6 is 0 Å². The molecule has 1 heterocycles. The predicted molar refractivity (Wildman–Crippen MR) is 73.7 cm³/mol. The van der Waals surface area contributed by atoms with Crippen molar-refractivity contribution in [1.82, 2.24) is 15.1 Å². The molecule has 0 spiro atoms. The first-order chi connectivity index (χ1) is 10.1. The Labute approximate surface area is 119 Å². The minimum absolute atomic E-state index is 0.287. The number of aromatic nitrogens is 2. The number of hydrogen-bond acceptors (Lipinski definition) is 4. The topological polar surface area (TPSA) is 101 Å². The summed E-state index contributed by atoms with van der Waals surface area (Å²) in [5.74, 6) is -1.68. The van der Waals surface area contributed by atoms with Gasteiger partial charge in [-0.2, -0.15) is 5.10 Å². The van der Waals surface area contributed by atoms with Gasteiger partial charge >= 0.3 is 5.97 Å². The molecule has 7 heteroatoms. The average Bonchev–Trinajstić information content (AvgIpc) is 2.48. The van der Waals surface area contributed by atoms with Crippen LogP contribution in [0.3, 0.4) is 0 Å². The fourth-order valence-electron chi connectivity index (χ4n) is 1.66. The van der Waals surface area contributed by atoms with Gasteiger partial charge in [0.15, 0.2) is 5.69 Å². The molecule has 21 heavy (non-hydrogen) atoms. The van der Waals surface area contributed by atoms with Crippen LogP contribution in [0.5, 0.6) is 0 Å². The molecular formula is C14H13N3O4. The van der Waals surface area contributed by atoms with Crippen molar-refractivity contribution in [3.63, 3.8) is 0 Å². The van der Waals surface area contributed by atoms with E-state index < -0.39 is 17.4 Å². The second-order valence-corrected chi connectivity index (χ2v) is 4.28. The van der Waals surface area contributed by atoms with Crippen LogP contribution in [-0.2, 0) is 17.9 Å². The molecule has 0 fully saturated rings. The van der Waals surface area contributed by atoms with Gasteiger partial charge in [0, 0.05) is 12.6 Å². The highest BCUT2D eigenvalue weighted by Gasteiger charge is 2.10. The van der Waals surface area contributed by atoms with E-state index in [0.29, 0.717) is 6.54 Å². The second-order valence-electron chi connectivity index (χ2n) is 4.28. The maximum atomic E-state index is 11.8. The van der Waals surface area contributed by atoms with Crippen molar-refractivity contribution in [3.05, 3.63) is 64.1 Å². The third-order valence-corrected chi connectivity index (χ3v) is 2.71. The van der Waals surface area contributed by atoms with E-state index in [1.165, 1.54) is 0 Å². The van der Waals surface area contributed by atoms with Crippen molar-refractivity contribution in [2.24, 2.45) is 0 Å². The molecule has 2 rings (SSSR count). The number of nitrogens with zero attached hydrogens (tertiary/aromatic N) is 2. The summed E-state index contributed by atoms with van der Waals surface area (Å²) in [5, 5.41) is 15.1. The van der Waals surface area contributed by atoms with Crippen LogP contribution in [0.25, 0.3) is 0 Å². The summed E-state index contributed by atoms with van der Waals surface area (Å²) in [6.45, 7) is -0.000167. The molecular weight excluding hydrogens is 274 g/mol. The molecule has 0 unspecified atom stereocenters. The summed E-state index contributed by atoms with van der Waals surface area (Å²) < 4.78 is 0.823. The van der Waals surface area contributed by atoms with Gasteiger partial charge in [-0.1, -0.05) is 30.3 Å². The number of hydrogen-bond donors (Lipinski definition) is 2. The fourth-order valence-corrected chi connectivity index (χ4v) is 1.66. The Morgan fingerprint density at radius 2 is 1.86 bits per heavy atom. The Balaban J connectivity index is 2.01. The van der Waals surface area contributed by atoms with Crippen molar-refractivity contribution < 1.29 is 14.7 Å². The van der Waals surface area contributed by atoms with Crippen molar-refractivity contribution in [2.45, 2.75) is 13.1 Å². The first kappa shape index (κ1) is 14.4. The summed E-state index contributed by atoms with van der Waals surface area (Å²) in [6, 6.07) is 11.5. The highest BCUT2D eigenvalue weighted by Crippen LogP contribution is 1.97. The van der Waals surface area contributed by atoms with Gasteiger partial charge in [-0.05, 0) is 11.6 Å². The Bertz CT molecular complexity index is 710. The largest absolute Gasteiger partial charge is 0.476 e. The normalized spacial score (nSPS) is 10.1. The summed E-state index contributed by atoms with van der Waals surface area (Å²) in [4.78, 5) is 34.1. The number of benzene rings is 1. The lowest BCUT2D eigenvalue weighted by molar-refractivity contribution is -0.122. The number of carboxylic acids is 1. The molecule has 0 saturated heterocycles. The van der Waals surface area contributed by atoms with Gasteiger partial charge in [0.1, 0.15) is 6.54 Å². The molecule has 0 aliphatic rings. The third kappa shape index (κ3) is 4.00. The molecule has 0 radical (unpaired) electrons. The summed E-state index contributed by atoms with van der Waals surface area (Å²) >= 11 is 0. The molecule has 108 valence electrons. The maximum absolute atomic E-state index is 11.8. The number of amides is 1. The molecule has 1 amide bonds. The lowest BCUT2D eigenvalue weighted by Crippen LogP contribution is -2.33. The lowest BCUT2D eigenvalue weighted by atomic mass is 10.2. The first-order valence-electron chi connectivity index (χ1n) is 6.18. The quantitative estimate of drug-likeness (QED) is 0.821. The van der Waals surface area contributed by atoms with Gasteiger partial charge in [0.25, 0.3) is 5.56 Å². The van der Waals surface area contributed by atoms with Crippen molar-refractivity contribution in [1.29, 1.82) is 0 Å². The van der Waals surface area contributed by atoms with Gasteiger partial charge in [-0.15, -0.1) is 0 Å². The van der Waals surface area contributed by atoms with Crippen LogP contribution in [0.4, 0.5) is 0 Å². The molecule has 0 aliphatic carbocycles. The first-order valence-corrected chi connectivity index (χ1v) is 6.18. The number of aromatic carboxylic acids is 1. The molecule has 0 aliphatic heterocycles. The SMILES string of the molecule is O=C(Cn1nc(C(=O)O)ccc1=O)NCc1ccccc1. The van der Waals surface area contributed by atoms with Gasteiger partial charge in [-0.3, -0.25) is 9.59 Å². The average molecular weight is 287 g/mol. The molecule has 0 bridgehead atoms. The van der Waals surface area contributed by atoms with Crippen LogP contribution in [0, 0.1) is 0 Å². The maximum Gasteiger partial charge on any atom is 0.356 e. The number of rotatable bonds is 5. The molecule has 0 saturated carbocycles. The highest BCUT2D eigenvalue weighted by molar-refractivity contribution is 5.85. The number of carbonyl (C=O) groups is 2.